The molecule has 2 rings (SSSR count). The minimum atomic E-state index is -0.618. The lowest BCUT2D eigenvalue weighted by Crippen LogP contribution is -2.34. The minimum absolute atomic E-state index is 0.104. The van der Waals surface area contributed by atoms with Gasteiger partial charge in [0, 0.05) is 13.1 Å². The van der Waals surface area contributed by atoms with Crippen LogP contribution >= 0.6 is 0 Å². The Balaban J connectivity index is 1.65. The second-order valence-corrected chi connectivity index (χ2v) is 5.38. The fourth-order valence-corrected chi connectivity index (χ4v) is 2.14. The molecular formula is C15H22FNO2. The highest BCUT2D eigenvalue weighted by Gasteiger charge is 2.39. The minimum Gasteiger partial charge on any atom is -0.488 e. The Morgan fingerprint density at radius 2 is 2.16 bits per heavy atom. The monoisotopic (exact) mass is 267 g/mol. The normalized spacial score (nSPS) is 18.1. The maximum atomic E-state index is 13.3. The van der Waals surface area contributed by atoms with Gasteiger partial charge in [0.1, 0.15) is 12.7 Å². The van der Waals surface area contributed by atoms with E-state index in [-0.39, 0.29) is 12.4 Å². The van der Waals surface area contributed by atoms with E-state index in [1.165, 1.54) is 25.3 Å². The van der Waals surface area contributed by atoms with Gasteiger partial charge in [-0.3, -0.25) is 0 Å². The zero-order valence-electron chi connectivity index (χ0n) is 11.4. The molecule has 1 aliphatic rings. The molecule has 0 amide bonds. The Labute approximate surface area is 113 Å². The highest BCUT2D eigenvalue weighted by molar-refractivity contribution is 5.23. The van der Waals surface area contributed by atoms with Gasteiger partial charge in [0.05, 0.1) is 0 Å². The molecule has 1 saturated carbocycles. The lowest BCUT2D eigenvalue weighted by molar-refractivity contribution is 0.103. The number of aliphatic hydroxyl groups is 1. The van der Waals surface area contributed by atoms with Crippen LogP contribution in [-0.4, -0.2) is 30.9 Å². The first-order valence-electron chi connectivity index (χ1n) is 6.91. The van der Waals surface area contributed by atoms with E-state index >= 15 is 0 Å². The van der Waals surface area contributed by atoms with Gasteiger partial charge in [0.15, 0.2) is 11.6 Å². The van der Waals surface area contributed by atoms with Crippen LogP contribution < -0.4 is 10.1 Å². The number of nitrogens with one attached hydrogen (secondary N) is 1. The molecule has 1 fully saturated rings. The summed E-state index contributed by atoms with van der Waals surface area (Å²) in [5.41, 5.74) is 0.464. The number of rotatable bonds is 8. The van der Waals surface area contributed by atoms with Crippen molar-refractivity contribution in [2.45, 2.75) is 32.3 Å². The molecule has 0 saturated heterocycles. The summed E-state index contributed by atoms with van der Waals surface area (Å²) in [4.78, 5) is 0. The molecule has 19 heavy (non-hydrogen) atoms. The molecular weight excluding hydrogens is 245 g/mol. The predicted molar refractivity (Wildman–Crippen MR) is 72.7 cm³/mol. The van der Waals surface area contributed by atoms with Crippen molar-refractivity contribution >= 4 is 0 Å². The van der Waals surface area contributed by atoms with E-state index in [0.29, 0.717) is 12.0 Å². The maximum absolute atomic E-state index is 13.3. The lowest BCUT2D eigenvalue weighted by Gasteiger charge is -2.17. The number of hydrogen-bond acceptors (Lipinski definition) is 3. The number of hydrogen-bond donors (Lipinski definition) is 2. The summed E-state index contributed by atoms with van der Waals surface area (Å²) in [6, 6.07) is 6.23. The largest absolute Gasteiger partial charge is 0.488 e. The zero-order valence-corrected chi connectivity index (χ0v) is 11.4. The van der Waals surface area contributed by atoms with E-state index < -0.39 is 11.9 Å². The first-order chi connectivity index (χ1) is 9.15. The van der Waals surface area contributed by atoms with Crippen LogP contribution in [0.25, 0.3) is 0 Å². The third-order valence-electron chi connectivity index (χ3n) is 3.85. The molecule has 106 valence electrons. The Morgan fingerprint density at radius 3 is 2.79 bits per heavy atom. The number of aliphatic hydroxyl groups excluding tert-OH is 1. The molecule has 0 aromatic heterocycles. The summed E-state index contributed by atoms with van der Waals surface area (Å²) in [6.45, 7) is 3.73. The van der Waals surface area contributed by atoms with E-state index in [2.05, 4.69) is 12.2 Å². The van der Waals surface area contributed by atoms with Gasteiger partial charge in [-0.1, -0.05) is 19.1 Å². The second kappa shape index (κ2) is 6.35. The van der Waals surface area contributed by atoms with Gasteiger partial charge in [-0.2, -0.15) is 0 Å². The topological polar surface area (TPSA) is 41.5 Å². The summed E-state index contributed by atoms with van der Waals surface area (Å²) in [5.74, 6) is -0.209. The van der Waals surface area contributed by atoms with Crippen molar-refractivity contribution in [1.29, 1.82) is 0 Å². The Bertz CT molecular complexity index is 407. The number of halogens is 1. The van der Waals surface area contributed by atoms with Crippen molar-refractivity contribution in [1.82, 2.24) is 5.32 Å². The summed E-state index contributed by atoms with van der Waals surface area (Å²) in [6.07, 6.45) is 3.12. The van der Waals surface area contributed by atoms with E-state index in [4.69, 9.17) is 4.74 Å². The van der Waals surface area contributed by atoms with Crippen molar-refractivity contribution in [3.63, 3.8) is 0 Å². The molecule has 1 aliphatic carbocycles. The van der Waals surface area contributed by atoms with Gasteiger partial charge < -0.3 is 15.2 Å². The summed E-state index contributed by atoms with van der Waals surface area (Å²) in [5, 5.41) is 13.0. The van der Waals surface area contributed by atoms with Gasteiger partial charge >= 0.3 is 0 Å². The van der Waals surface area contributed by atoms with Gasteiger partial charge in [0.25, 0.3) is 0 Å². The van der Waals surface area contributed by atoms with Crippen molar-refractivity contribution in [3.8, 4) is 5.75 Å². The second-order valence-electron chi connectivity index (χ2n) is 5.38. The summed E-state index contributed by atoms with van der Waals surface area (Å²) < 4.78 is 18.5. The Hall–Kier alpha value is -1.13. The molecule has 1 aromatic carbocycles. The van der Waals surface area contributed by atoms with Crippen LogP contribution in [0.2, 0.25) is 0 Å². The molecule has 4 heteroatoms. The highest BCUT2D eigenvalue weighted by Crippen LogP contribution is 2.47. The molecule has 0 radical (unpaired) electrons. The highest BCUT2D eigenvalue weighted by atomic mass is 19.1. The van der Waals surface area contributed by atoms with Gasteiger partial charge in [-0.05, 0) is 36.8 Å². The third-order valence-corrected chi connectivity index (χ3v) is 3.85. The number of para-hydroxylation sites is 1. The van der Waals surface area contributed by atoms with Crippen molar-refractivity contribution in [2.24, 2.45) is 5.41 Å². The lowest BCUT2D eigenvalue weighted by atomic mass is 10.0. The maximum Gasteiger partial charge on any atom is 0.165 e. The Morgan fingerprint density at radius 1 is 1.42 bits per heavy atom. The quantitative estimate of drug-likeness (QED) is 0.759. The molecule has 1 aromatic rings. The number of benzene rings is 1. The van der Waals surface area contributed by atoms with Gasteiger partial charge in [-0.15, -0.1) is 0 Å². The Kier molecular flexibility index (Phi) is 4.77. The molecule has 0 bridgehead atoms. The standard InChI is InChI=1S/C15H22FNO2/c1-2-15(7-8-15)11-17-9-12(18)10-19-14-6-4-3-5-13(14)16/h3-6,12,17-18H,2,7-11H2,1H3. The molecule has 0 spiro atoms. The SMILES string of the molecule is CCC1(CNCC(O)COc2ccccc2F)CC1. The van der Waals surface area contributed by atoms with E-state index in [1.807, 2.05) is 0 Å². The fourth-order valence-electron chi connectivity index (χ4n) is 2.14. The van der Waals surface area contributed by atoms with Crippen molar-refractivity contribution < 1.29 is 14.2 Å². The summed E-state index contributed by atoms with van der Waals surface area (Å²) >= 11 is 0. The molecule has 1 atom stereocenters. The van der Waals surface area contributed by atoms with Crippen molar-refractivity contribution in [2.75, 3.05) is 19.7 Å². The van der Waals surface area contributed by atoms with Gasteiger partial charge in [-0.25, -0.2) is 4.39 Å². The first-order valence-corrected chi connectivity index (χ1v) is 6.91. The van der Waals surface area contributed by atoms with Crippen LogP contribution in [0.1, 0.15) is 26.2 Å². The van der Waals surface area contributed by atoms with E-state index in [1.54, 1.807) is 18.2 Å². The molecule has 0 heterocycles. The van der Waals surface area contributed by atoms with Crippen LogP contribution in [0.15, 0.2) is 24.3 Å². The zero-order chi connectivity index (χ0) is 13.7. The van der Waals surface area contributed by atoms with Crippen LogP contribution in [0.3, 0.4) is 0 Å². The average Bonchev–Trinajstić information content (AvgIpc) is 3.18. The molecule has 2 N–H and O–H groups in total. The van der Waals surface area contributed by atoms with E-state index in [0.717, 1.165) is 6.54 Å². The van der Waals surface area contributed by atoms with E-state index in [9.17, 15) is 9.50 Å². The number of ether oxygens (including phenoxy) is 1. The van der Waals surface area contributed by atoms with Crippen molar-refractivity contribution in [3.05, 3.63) is 30.1 Å². The fraction of sp³-hybridized carbons (Fsp3) is 0.600. The first kappa shape index (κ1) is 14.3. The van der Waals surface area contributed by atoms with Crippen LogP contribution in [0.5, 0.6) is 5.75 Å². The molecule has 1 unspecified atom stereocenters. The predicted octanol–water partition coefficient (Wildman–Crippen LogP) is 2.35. The average molecular weight is 267 g/mol. The molecule has 0 aliphatic heterocycles. The van der Waals surface area contributed by atoms with Crippen LogP contribution in [0.4, 0.5) is 4.39 Å². The molecule has 3 nitrogen and oxygen atoms in total. The van der Waals surface area contributed by atoms with Gasteiger partial charge in [0.2, 0.25) is 0 Å². The summed E-state index contributed by atoms with van der Waals surface area (Å²) in [7, 11) is 0. The smallest absolute Gasteiger partial charge is 0.165 e. The third kappa shape index (κ3) is 4.18. The van der Waals surface area contributed by atoms with Crippen LogP contribution in [0, 0.1) is 11.2 Å². The van der Waals surface area contributed by atoms with Crippen LogP contribution in [-0.2, 0) is 0 Å².